The third-order valence-corrected chi connectivity index (χ3v) is 4.42. The molecule has 3 aromatic carbocycles. The second-order valence-electron chi connectivity index (χ2n) is 6.17. The van der Waals surface area contributed by atoms with Crippen LogP contribution in [0.4, 0.5) is 0 Å². The van der Waals surface area contributed by atoms with Crippen LogP contribution in [0.3, 0.4) is 0 Å². The Morgan fingerprint density at radius 2 is 1.20 bits per heavy atom. The number of nitrogens with zero attached hydrogens (tertiary/aromatic N) is 1. The van der Waals surface area contributed by atoms with Crippen molar-refractivity contribution in [3.8, 4) is 22.4 Å². The van der Waals surface area contributed by atoms with E-state index in [2.05, 4.69) is 82.8 Å². The molecule has 0 aliphatic heterocycles. The lowest BCUT2D eigenvalue weighted by atomic mass is 10.0. The Hall–Kier alpha value is -3.13. The first kappa shape index (κ1) is 15.4. The molecule has 0 saturated carbocycles. The van der Waals surface area contributed by atoms with Crippen LogP contribution < -0.4 is 0 Å². The Morgan fingerprint density at radius 1 is 0.600 bits per heavy atom. The highest BCUT2D eigenvalue weighted by Gasteiger charge is 2.05. The van der Waals surface area contributed by atoms with Crippen LogP contribution in [0.15, 0.2) is 91.1 Å². The molecule has 2 heteroatoms. The molecule has 0 bridgehead atoms. The molecule has 0 aliphatic rings. The monoisotopic (exact) mass is 324 g/mol. The van der Waals surface area contributed by atoms with E-state index in [1.165, 1.54) is 16.7 Å². The van der Waals surface area contributed by atoms with Crippen LogP contribution in [0.5, 0.6) is 0 Å². The number of hydrogen-bond acceptors (Lipinski definition) is 1. The number of aromatic amines is 1. The molecule has 25 heavy (non-hydrogen) atoms. The van der Waals surface area contributed by atoms with Crippen LogP contribution in [0, 0.1) is 0 Å². The maximum atomic E-state index is 4.53. The van der Waals surface area contributed by atoms with E-state index in [1.807, 2.05) is 18.3 Å². The summed E-state index contributed by atoms with van der Waals surface area (Å²) in [5, 5.41) is 0. The zero-order valence-corrected chi connectivity index (χ0v) is 14.0. The predicted octanol–water partition coefficient (Wildman–Crippen LogP) is 5.53. The minimum absolute atomic E-state index is 0.923. The summed E-state index contributed by atoms with van der Waals surface area (Å²) in [6.45, 7) is 0. The van der Waals surface area contributed by atoms with Crippen molar-refractivity contribution in [2.45, 2.75) is 12.8 Å². The van der Waals surface area contributed by atoms with E-state index in [9.17, 15) is 0 Å². The van der Waals surface area contributed by atoms with Gasteiger partial charge in [-0.3, -0.25) is 0 Å². The molecule has 1 heterocycles. The van der Waals surface area contributed by atoms with Gasteiger partial charge in [-0.1, -0.05) is 84.9 Å². The molecular formula is C23H20N2. The first-order valence-electron chi connectivity index (χ1n) is 8.62. The second kappa shape index (κ2) is 7.18. The van der Waals surface area contributed by atoms with E-state index < -0.39 is 0 Å². The van der Waals surface area contributed by atoms with Crippen LogP contribution in [0.25, 0.3) is 22.4 Å². The summed E-state index contributed by atoms with van der Waals surface area (Å²) in [6.07, 6.45) is 3.85. The van der Waals surface area contributed by atoms with Gasteiger partial charge < -0.3 is 4.98 Å². The van der Waals surface area contributed by atoms with E-state index in [-0.39, 0.29) is 0 Å². The third-order valence-electron chi connectivity index (χ3n) is 4.42. The number of aryl methyl sites for hydroxylation is 2. The normalized spacial score (nSPS) is 10.7. The van der Waals surface area contributed by atoms with Gasteiger partial charge in [0.1, 0.15) is 5.82 Å². The molecule has 2 nitrogen and oxygen atoms in total. The van der Waals surface area contributed by atoms with Gasteiger partial charge in [0.05, 0.1) is 11.9 Å². The highest BCUT2D eigenvalue weighted by Crippen LogP contribution is 2.23. The van der Waals surface area contributed by atoms with Gasteiger partial charge >= 0.3 is 0 Å². The second-order valence-corrected chi connectivity index (χ2v) is 6.17. The average Bonchev–Trinajstić information content (AvgIpc) is 3.17. The Morgan fingerprint density at radius 3 is 1.92 bits per heavy atom. The summed E-state index contributed by atoms with van der Waals surface area (Å²) < 4.78 is 0. The Labute approximate surface area is 148 Å². The van der Waals surface area contributed by atoms with E-state index in [0.29, 0.717) is 0 Å². The standard InChI is InChI=1S/C23H20N2/c1-3-7-18(8-4-1)11-16-23-24-17-22(25-23)21-14-12-20(13-15-21)19-9-5-2-6-10-19/h1-10,12-15,17H,11,16H2,(H,24,25). The molecule has 1 N–H and O–H groups in total. The van der Waals surface area contributed by atoms with E-state index in [4.69, 9.17) is 0 Å². The van der Waals surface area contributed by atoms with Gasteiger partial charge in [0.15, 0.2) is 0 Å². The molecule has 1 aromatic heterocycles. The number of H-pyrrole nitrogens is 1. The fourth-order valence-corrected chi connectivity index (χ4v) is 3.02. The number of nitrogens with one attached hydrogen (secondary N) is 1. The van der Waals surface area contributed by atoms with Crippen LogP contribution in [0.2, 0.25) is 0 Å². The molecule has 0 unspecified atom stereocenters. The first-order valence-corrected chi connectivity index (χ1v) is 8.62. The smallest absolute Gasteiger partial charge is 0.106 e. The van der Waals surface area contributed by atoms with Crippen LogP contribution >= 0.6 is 0 Å². The number of aromatic nitrogens is 2. The zero-order chi connectivity index (χ0) is 16.9. The molecule has 0 radical (unpaired) electrons. The largest absolute Gasteiger partial charge is 0.342 e. The van der Waals surface area contributed by atoms with E-state index in [0.717, 1.165) is 29.9 Å². The van der Waals surface area contributed by atoms with Crippen molar-refractivity contribution in [1.82, 2.24) is 9.97 Å². The number of rotatable bonds is 5. The van der Waals surface area contributed by atoms with E-state index >= 15 is 0 Å². The molecule has 0 amide bonds. The fraction of sp³-hybridized carbons (Fsp3) is 0.0870. The Bertz CT molecular complexity index is 923. The topological polar surface area (TPSA) is 28.7 Å². The molecule has 0 fully saturated rings. The third kappa shape index (κ3) is 3.69. The van der Waals surface area contributed by atoms with E-state index in [1.54, 1.807) is 0 Å². The molecule has 4 aromatic rings. The molecule has 0 saturated heterocycles. The quantitative estimate of drug-likeness (QED) is 0.514. The highest BCUT2D eigenvalue weighted by atomic mass is 14.9. The van der Waals surface area contributed by atoms with Crippen molar-refractivity contribution in [3.63, 3.8) is 0 Å². The predicted molar refractivity (Wildman–Crippen MR) is 103 cm³/mol. The number of benzene rings is 3. The van der Waals surface area contributed by atoms with Crippen molar-refractivity contribution in [3.05, 3.63) is 103 Å². The van der Waals surface area contributed by atoms with Gasteiger partial charge in [0.2, 0.25) is 0 Å². The van der Waals surface area contributed by atoms with Gasteiger partial charge in [0.25, 0.3) is 0 Å². The van der Waals surface area contributed by atoms with Crippen LogP contribution in [-0.2, 0) is 12.8 Å². The summed E-state index contributed by atoms with van der Waals surface area (Å²) in [5.41, 5.74) is 6.05. The first-order chi connectivity index (χ1) is 12.4. The van der Waals surface area contributed by atoms with Crippen molar-refractivity contribution in [2.24, 2.45) is 0 Å². The lowest BCUT2D eigenvalue weighted by Gasteiger charge is -2.03. The average molecular weight is 324 g/mol. The molecular weight excluding hydrogens is 304 g/mol. The minimum Gasteiger partial charge on any atom is -0.342 e. The highest BCUT2D eigenvalue weighted by molar-refractivity contribution is 5.68. The summed E-state index contributed by atoms with van der Waals surface area (Å²) in [7, 11) is 0. The molecule has 0 spiro atoms. The number of imidazole rings is 1. The summed E-state index contributed by atoms with van der Waals surface area (Å²) >= 11 is 0. The van der Waals surface area contributed by atoms with Gasteiger partial charge in [-0.15, -0.1) is 0 Å². The maximum absolute atomic E-state index is 4.53. The van der Waals surface area contributed by atoms with Crippen molar-refractivity contribution < 1.29 is 0 Å². The fourth-order valence-electron chi connectivity index (χ4n) is 3.02. The Kier molecular flexibility index (Phi) is 4.42. The van der Waals surface area contributed by atoms with Crippen LogP contribution in [0.1, 0.15) is 11.4 Å². The van der Waals surface area contributed by atoms with Crippen molar-refractivity contribution >= 4 is 0 Å². The van der Waals surface area contributed by atoms with Gasteiger partial charge in [-0.05, 0) is 28.7 Å². The molecule has 4 rings (SSSR count). The molecule has 0 atom stereocenters. The van der Waals surface area contributed by atoms with Gasteiger partial charge in [-0.25, -0.2) is 4.98 Å². The van der Waals surface area contributed by atoms with Crippen LogP contribution in [-0.4, -0.2) is 9.97 Å². The Balaban J connectivity index is 1.46. The number of hydrogen-bond donors (Lipinski definition) is 1. The zero-order valence-electron chi connectivity index (χ0n) is 14.0. The SMILES string of the molecule is c1ccc(CCc2ncc(-c3ccc(-c4ccccc4)cc3)[nH]2)cc1. The van der Waals surface area contributed by atoms with Gasteiger partial charge in [0, 0.05) is 6.42 Å². The summed E-state index contributed by atoms with van der Waals surface area (Å²) in [4.78, 5) is 7.98. The van der Waals surface area contributed by atoms with Crippen molar-refractivity contribution in [2.75, 3.05) is 0 Å². The lowest BCUT2D eigenvalue weighted by molar-refractivity contribution is 0.885. The lowest BCUT2D eigenvalue weighted by Crippen LogP contribution is -1.93. The minimum atomic E-state index is 0.923. The molecule has 0 aliphatic carbocycles. The summed E-state index contributed by atoms with van der Waals surface area (Å²) in [5.74, 6) is 1.03. The van der Waals surface area contributed by atoms with Crippen molar-refractivity contribution in [1.29, 1.82) is 0 Å². The maximum Gasteiger partial charge on any atom is 0.106 e. The molecule has 122 valence electrons. The summed E-state index contributed by atoms with van der Waals surface area (Å²) in [6, 6.07) is 29.6. The van der Waals surface area contributed by atoms with Gasteiger partial charge in [-0.2, -0.15) is 0 Å².